The fourth-order valence-electron chi connectivity index (χ4n) is 3.01. The number of carbonyl (C=O) groups excluding carboxylic acids is 1. The number of ether oxygens (including phenoxy) is 1. The second-order valence-electron chi connectivity index (χ2n) is 6.82. The monoisotopic (exact) mass is 388 g/mol. The number of morpholine rings is 1. The molecule has 0 saturated carbocycles. The molecule has 0 aliphatic carbocycles. The van der Waals surface area contributed by atoms with Gasteiger partial charge in [-0.05, 0) is 68.3 Å². The van der Waals surface area contributed by atoms with Gasteiger partial charge in [-0.25, -0.2) is 8.42 Å². The molecule has 0 aromatic heterocycles. The van der Waals surface area contributed by atoms with E-state index in [1.54, 1.807) is 0 Å². The average molecular weight is 388 g/mol. The van der Waals surface area contributed by atoms with Gasteiger partial charge in [0.15, 0.2) is 0 Å². The van der Waals surface area contributed by atoms with Gasteiger partial charge < -0.3 is 10.1 Å². The molecule has 1 N–H and O–H groups in total. The number of sulfonamides is 1. The van der Waals surface area contributed by atoms with Gasteiger partial charge in [-0.3, -0.25) is 4.79 Å². The molecule has 27 heavy (non-hydrogen) atoms. The number of nitrogens with one attached hydrogen (secondary N) is 1. The zero-order chi connectivity index (χ0) is 19.6. The Kier molecular flexibility index (Phi) is 5.64. The van der Waals surface area contributed by atoms with Crippen LogP contribution in [0.3, 0.4) is 0 Å². The number of hydrogen-bond acceptors (Lipinski definition) is 4. The van der Waals surface area contributed by atoms with Crippen LogP contribution in [0.1, 0.15) is 28.4 Å². The fraction of sp³-hybridized carbons (Fsp3) is 0.350. The minimum Gasteiger partial charge on any atom is -0.378 e. The Morgan fingerprint density at radius 2 is 1.81 bits per heavy atom. The Bertz CT molecular complexity index is 939. The Labute approximate surface area is 160 Å². The maximum absolute atomic E-state index is 12.8. The van der Waals surface area contributed by atoms with E-state index in [1.807, 2.05) is 39.0 Å². The van der Waals surface area contributed by atoms with Crippen LogP contribution in [0.25, 0.3) is 0 Å². The molecule has 2 aromatic rings. The minimum absolute atomic E-state index is 0.180. The lowest BCUT2D eigenvalue weighted by Gasteiger charge is -2.32. The zero-order valence-corrected chi connectivity index (χ0v) is 16.5. The van der Waals surface area contributed by atoms with Crippen molar-refractivity contribution in [1.29, 1.82) is 0 Å². The van der Waals surface area contributed by atoms with Gasteiger partial charge in [0, 0.05) is 23.8 Å². The standard InChI is InChI=1S/C20H24N2O4S/c1-14-4-7-18(12-15(14)2)21-20(23)17-5-8-19(9-6-17)27(24,25)22-10-11-26-13-16(22)3/h4-9,12,16H,10-11,13H2,1-3H3,(H,21,23). The molecule has 1 atom stereocenters. The van der Waals surface area contributed by atoms with Crippen LogP contribution in [-0.2, 0) is 14.8 Å². The van der Waals surface area contributed by atoms with Crippen LogP contribution < -0.4 is 5.32 Å². The van der Waals surface area contributed by atoms with E-state index in [0.717, 1.165) is 11.1 Å². The van der Waals surface area contributed by atoms with Crippen molar-refractivity contribution in [2.24, 2.45) is 0 Å². The quantitative estimate of drug-likeness (QED) is 0.874. The van der Waals surface area contributed by atoms with Crippen molar-refractivity contribution in [2.45, 2.75) is 31.7 Å². The number of anilines is 1. The molecule has 3 rings (SSSR count). The summed E-state index contributed by atoms with van der Waals surface area (Å²) in [6, 6.07) is 11.5. The van der Waals surface area contributed by atoms with Gasteiger partial charge in [0.2, 0.25) is 10.0 Å². The number of aryl methyl sites for hydroxylation is 2. The van der Waals surface area contributed by atoms with Gasteiger partial charge in [-0.1, -0.05) is 6.07 Å². The number of amides is 1. The molecule has 1 unspecified atom stereocenters. The van der Waals surface area contributed by atoms with Crippen LogP contribution >= 0.6 is 0 Å². The maximum atomic E-state index is 12.8. The first-order valence-electron chi connectivity index (χ1n) is 8.87. The largest absolute Gasteiger partial charge is 0.378 e. The third kappa shape index (κ3) is 4.21. The van der Waals surface area contributed by atoms with E-state index < -0.39 is 10.0 Å². The summed E-state index contributed by atoms with van der Waals surface area (Å²) in [7, 11) is -3.60. The van der Waals surface area contributed by atoms with Crippen molar-refractivity contribution < 1.29 is 17.9 Å². The van der Waals surface area contributed by atoms with Crippen LogP contribution in [-0.4, -0.2) is 44.4 Å². The highest BCUT2D eigenvalue weighted by molar-refractivity contribution is 7.89. The molecule has 7 heteroatoms. The molecule has 1 saturated heterocycles. The first-order chi connectivity index (χ1) is 12.8. The van der Waals surface area contributed by atoms with Crippen molar-refractivity contribution in [3.8, 4) is 0 Å². The van der Waals surface area contributed by atoms with Crippen molar-refractivity contribution in [3.63, 3.8) is 0 Å². The summed E-state index contributed by atoms with van der Waals surface area (Å²) in [5.74, 6) is -0.276. The summed E-state index contributed by atoms with van der Waals surface area (Å²) in [5.41, 5.74) is 3.36. The second-order valence-corrected chi connectivity index (χ2v) is 8.71. The highest BCUT2D eigenvalue weighted by Crippen LogP contribution is 2.21. The highest BCUT2D eigenvalue weighted by Gasteiger charge is 2.31. The van der Waals surface area contributed by atoms with Gasteiger partial charge in [0.05, 0.1) is 18.1 Å². The summed E-state index contributed by atoms with van der Waals surface area (Å²) in [6.45, 7) is 6.92. The first kappa shape index (κ1) is 19.5. The Hall–Kier alpha value is -2.22. The predicted octanol–water partition coefficient (Wildman–Crippen LogP) is 2.97. The SMILES string of the molecule is Cc1ccc(NC(=O)c2ccc(S(=O)(=O)N3CCOCC3C)cc2)cc1C. The highest BCUT2D eigenvalue weighted by atomic mass is 32.2. The third-order valence-electron chi connectivity index (χ3n) is 4.79. The van der Waals surface area contributed by atoms with E-state index in [2.05, 4.69) is 5.32 Å². The molecule has 2 aromatic carbocycles. The van der Waals surface area contributed by atoms with Crippen LogP contribution in [0.4, 0.5) is 5.69 Å². The normalized spacial score (nSPS) is 18.3. The van der Waals surface area contributed by atoms with Crippen LogP contribution in [0.5, 0.6) is 0 Å². The molecule has 6 nitrogen and oxygen atoms in total. The first-order valence-corrected chi connectivity index (χ1v) is 10.3. The summed E-state index contributed by atoms with van der Waals surface area (Å²) in [6.07, 6.45) is 0. The van der Waals surface area contributed by atoms with Gasteiger partial charge >= 0.3 is 0 Å². The molecule has 0 bridgehead atoms. The van der Waals surface area contributed by atoms with Crippen LogP contribution in [0.2, 0.25) is 0 Å². The lowest BCUT2D eigenvalue weighted by molar-refractivity contribution is 0.0393. The van der Waals surface area contributed by atoms with E-state index in [-0.39, 0.29) is 16.8 Å². The van der Waals surface area contributed by atoms with Crippen LogP contribution in [0.15, 0.2) is 47.4 Å². The molecule has 1 amide bonds. The van der Waals surface area contributed by atoms with Crippen molar-refractivity contribution >= 4 is 21.6 Å². The summed E-state index contributed by atoms with van der Waals surface area (Å²) in [5, 5.41) is 2.84. The Morgan fingerprint density at radius 1 is 1.11 bits per heavy atom. The van der Waals surface area contributed by atoms with Gasteiger partial charge in [0.25, 0.3) is 5.91 Å². The van der Waals surface area contributed by atoms with E-state index in [0.29, 0.717) is 31.0 Å². The number of benzene rings is 2. The second kappa shape index (κ2) is 7.80. The molecule has 1 aliphatic heterocycles. The van der Waals surface area contributed by atoms with E-state index in [1.165, 1.54) is 28.6 Å². The molecule has 1 fully saturated rings. The average Bonchev–Trinajstić information content (AvgIpc) is 2.65. The summed E-state index contributed by atoms with van der Waals surface area (Å²) in [4.78, 5) is 12.6. The van der Waals surface area contributed by atoms with Crippen LogP contribution in [0, 0.1) is 13.8 Å². The molecule has 144 valence electrons. The Morgan fingerprint density at radius 3 is 2.44 bits per heavy atom. The number of nitrogens with zero attached hydrogens (tertiary/aromatic N) is 1. The lowest BCUT2D eigenvalue weighted by Crippen LogP contribution is -2.46. The minimum atomic E-state index is -3.60. The fourth-order valence-corrected chi connectivity index (χ4v) is 4.61. The molecule has 0 radical (unpaired) electrons. The van der Waals surface area contributed by atoms with Crippen molar-refractivity contribution in [1.82, 2.24) is 4.31 Å². The number of carbonyl (C=O) groups is 1. The molecule has 1 heterocycles. The number of rotatable bonds is 4. The predicted molar refractivity (Wildman–Crippen MR) is 104 cm³/mol. The molecule has 1 aliphatic rings. The topological polar surface area (TPSA) is 75.7 Å². The lowest BCUT2D eigenvalue weighted by atomic mass is 10.1. The molecule has 0 spiro atoms. The number of hydrogen-bond donors (Lipinski definition) is 1. The van der Waals surface area contributed by atoms with Crippen molar-refractivity contribution in [3.05, 3.63) is 59.2 Å². The van der Waals surface area contributed by atoms with Gasteiger partial charge in [0.1, 0.15) is 0 Å². The van der Waals surface area contributed by atoms with E-state index >= 15 is 0 Å². The molecular weight excluding hydrogens is 364 g/mol. The smallest absolute Gasteiger partial charge is 0.255 e. The van der Waals surface area contributed by atoms with Gasteiger partial charge in [-0.15, -0.1) is 0 Å². The van der Waals surface area contributed by atoms with E-state index in [4.69, 9.17) is 4.74 Å². The summed E-state index contributed by atoms with van der Waals surface area (Å²) >= 11 is 0. The van der Waals surface area contributed by atoms with E-state index in [9.17, 15) is 13.2 Å². The third-order valence-corrected chi connectivity index (χ3v) is 6.82. The molecular formula is C20H24N2O4S. The van der Waals surface area contributed by atoms with Gasteiger partial charge in [-0.2, -0.15) is 4.31 Å². The Balaban J connectivity index is 1.76. The summed E-state index contributed by atoms with van der Waals surface area (Å²) < 4.78 is 32.4. The van der Waals surface area contributed by atoms with Crippen molar-refractivity contribution in [2.75, 3.05) is 25.1 Å². The zero-order valence-electron chi connectivity index (χ0n) is 15.7. The maximum Gasteiger partial charge on any atom is 0.255 e.